The molecule has 0 saturated heterocycles. The standard InChI is InChI=1S/C26H26FN3O3S2/c1-33-20-12-10-19(11-13-20)28-23(31)9-3-2-6-15-30-25(32)24-22(14-16-34-24)29-26(30)35-17-18-7-4-5-8-21(18)27/h4-5,7-8,10-14,16H,2-3,6,9,15,17H2,1H3,(H,28,31). The van der Waals surface area contributed by atoms with Crippen molar-refractivity contribution in [2.75, 3.05) is 12.4 Å². The molecule has 0 saturated carbocycles. The Morgan fingerprint density at radius 2 is 1.91 bits per heavy atom. The van der Waals surface area contributed by atoms with Crippen LogP contribution in [0.5, 0.6) is 5.75 Å². The Balaban J connectivity index is 1.33. The smallest absolute Gasteiger partial charge is 0.272 e. The molecule has 35 heavy (non-hydrogen) atoms. The van der Waals surface area contributed by atoms with Crippen molar-refractivity contribution in [2.24, 2.45) is 0 Å². The SMILES string of the molecule is COc1ccc(NC(=O)CCCCCn2c(SCc3ccccc3F)nc3ccsc3c2=O)cc1. The van der Waals surface area contributed by atoms with Gasteiger partial charge in [0, 0.05) is 24.4 Å². The molecule has 0 bridgehead atoms. The van der Waals surface area contributed by atoms with Crippen molar-refractivity contribution >= 4 is 44.9 Å². The monoisotopic (exact) mass is 511 g/mol. The van der Waals surface area contributed by atoms with Crippen LogP contribution >= 0.6 is 23.1 Å². The van der Waals surface area contributed by atoms with Crippen LogP contribution in [0.3, 0.4) is 0 Å². The Kier molecular flexibility index (Phi) is 8.54. The highest BCUT2D eigenvalue weighted by Crippen LogP contribution is 2.25. The number of benzene rings is 2. The van der Waals surface area contributed by atoms with Gasteiger partial charge in [0.1, 0.15) is 16.3 Å². The molecule has 1 N–H and O–H groups in total. The van der Waals surface area contributed by atoms with Crippen molar-refractivity contribution < 1.29 is 13.9 Å². The van der Waals surface area contributed by atoms with Crippen molar-refractivity contribution in [1.82, 2.24) is 9.55 Å². The zero-order chi connectivity index (χ0) is 24.6. The number of hydrogen-bond acceptors (Lipinski definition) is 6. The molecule has 0 fully saturated rings. The third-order valence-electron chi connectivity index (χ3n) is 5.50. The van der Waals surface area contributed by atoms with E-state index in [0.29, 0.717) is 46.1 Å². The van der Waals surface area contributed by atoms with E-state index in [1.165, 1.54) is 29.2 Å². The van der Waals surface area contributed by atoms with E-state index in [1.54, 1.807) is 54.1 Å². The number of ether oxygens (including phenoxy) is 1. The Bertz CT molecular complexity index is 1350. The van der Waals surface area contributed by atoms with E-state index >= 15 is 0 Å². The Hall–Kier alpha value is -3.17. The van der Waals surface area contributed by atoms with Crippen LogP contribution in [0.25, 0.3) is 10.2 Å². The van der Waals surface area contributed by atoms with Crippen LogP contribution < -0.4 is 15.6 Å². The highest BCUT2D eigenvalue weighted by molar-refractivity contribution is 7.98. The largest absolute Gasteiger partial charge is 0.497 e. The van der Waals surface area contributed by atoms with Crippen molar-refractivity contribution in [3.05, 3.63) is 81.7 Å². The van der Waals surface area contributed by atoms with Gasteiger partial charge < -0.3 is 10.1 Å². The second-order valence-electron chi connectivity index (χ2n) is 7.95. The predicted molar refractivity (Wildman–Crippen MR) is 140 cm³/mol. The molecule has 0 atom stereocenters. The lowest BCUT2D eigenvalue weighted by atomic mass is 10.2. The first-order chi connectivity index (χ1) is 17.0. The minimum Gasteiger partial charge on any atom is -0.497 e. The quantitative estimate of drug-likeness (QED) is 0.150. The number of rotatable bonds is 11. The van der Waals surface area contributed by atoms with Crippen LogP contribution in [-0.2, 0) is 17.1 Å². The number of nitrogens with zero attached hydrogens (tertiary/aromatic N) is 2. The van der Waals surface area contributed by atoms with E-state index in [0.717, 1.165) is 24.3 Å². The molecule has 9 heteroatoms. The Labute approximate surface area is 211 Å². The van der Waals surface area contributed by atoms with Crippen LogP contribution in [-0.4, -0.2) is 22.6 Å². The number of hydrogen-bond donors (Lipinski definition) is 1. The summed E-state index contributed by atoms with van der Waals surface area (Å²) < 4.78 is 21.5. The number of fused-ring (bicyclic) bond motifs is 1. The molecule has 4 aromatic rings. The fourth-order valence-corrected chi connectivity index (χ4v) is 5.41. The van der Waals surface area contributed by atoms with Gasteiger partial charge in [-0.3, -0.25) is 14.2 Å². The van der Waals surface area contributed by atoms with Crippen molar-refractivity contribution in [3.63, 3.8) is 0 Å². The summed E-state index contributed by atoms with van der Waals surface area (Å²) in [5.74, 6) is 0.814. The molecule has 0 aliphatic heterocycles. The minimum absolute atomic E-state index is 0.0462. The lowest BCUT2D eigenvalue weighted by molar-refractivity contribution is -0.116. The maximum atomic E-state index is 14.1. The normalized spacial score (nSPS) is 11.0. The lowest BCUT2D eigenvalue weighted by Gasteiger charge is -2.12. The molecule has 2 heterocycles. The summed E-state index contributed by atoms with van der Waals surface area (Å²) >= 11 is 2.74. The summed E-state index contributed by atoms with van der Waals surface area (Å²) in [6, 6.07) is 15.7. The second kappa shape index (κ2) is 12.0. The van der Waals surface area contributed by atoms with Gasteiger partial charge in [-0.25, -0.2) is 9.37 Å². The number of nitrogens with one attached hydrogen (secondary N) is 1. The molecule has 6 nitrogen and oxygen atoms in total. The zero-order valence-corrected chi connectivity index (χ0v) is 21.0. The summed E-state index contributed by atoms with van der Waals surface area (Å²) in [4.78, 5) is 30.0. The minimum atomic E-state index is -0.265. The number of amides is 1. The first-order valence-electron chi connectivity index (χ1n) is 11.3. The Morgan fingerprint density at radius 3 is 2.69 bits per heavy atom. The van der Waals surface area contributed by atoms with E-state index in [4.69, 9.17) is 4.74 Å². The predicted octanol–water partition coefficient (Wildman–Crippen LogP) is 6.10. The summed E-state index contributed by atoms with van der Waals surface area (Å²) in [6.07, 6.45) is 2.64. The number of unbranched alkanes of at least 4 members (excludes halogenated alkanes) is 2. The first kappa shape index (κ1) is 24.9. The van der Waals surface area contributed by atoms with Gasteiger partial charge in [0.15, 0.2) is 5.16 Å². The molecule has 1 amide bonds. The van der Waals surface area contributed by atoms with Crippen LogP contribution in [0, 0.1) is 5.82 Å². The van der Waals surface area contributed by atoms with Gasteiger partial charge in [-0.1, -0.05) is 36.4 Å². The molecule has 0 unspecified atom stereocenters. The lowest BCUT2D eigenvalue weighted by Crippen LogP contribution is -2.22. The van der Waals surface area contributed by atoms with E-state index in [2.05, 4.69) is 10.3 Å². The number of methoxy groups -OCH3 is 1. The average molecular weight is 512 g/mol. The van der Waals surface area contributed by atoms with E-state index in [-0.39, 0.29) is 17.3 Å². The van der Waals surface area contributed by atoms with Gasteiger partial charge in [0.25, 0.3) is 5.56 Å². The second-order valence-corrected chi connectivity index (χ2v) is 9.81. The molecular formula is C26H26FN3O3S2. The molecule has 0 aliphatic carbocycles. The molecule has 0 radical (unpaired) electrons. The fourth-order valence-electron chi connectivity index (χ4n) is 3.62. The number of thioether (sulfide) groups is 1. The number of carbonyl (C=O) groups is 1. The molecule has 4 rings (SSSR count). The Morgan fingerprint density at radius 1 is 1.11 bits per heavy atom. The topological polar surface area (TPSA) is 73.2 Å². The number of carbonyl (C=O) groups excluding carboxylic acids is 1. The van der Waals surface area contributed by atoms with E-state index < -0.39 is 0 Å². The van der Waals surface area contributed by atoms with E-state index in [9.17, 15) is 14.0 Å². The highest BCUT2D eigenvalue weighted by Gasteiger charge is 2.14. The molecular weight excluding hydrogens is 485 g/mol. The third kappa shape index (κ3) is 6.49. The zero-order valence-electron chi connectivity index (χ0n) is 19.3. The summed E-state index contributed by atoms with van der Waals surface area (Å²) in [5, 5.41) is 5.32. The molecule has 0 aliphatic rings. The van der Waals surface area contributed by atoms with Gasteiger partial charge in [-0.2, -0.15) is 0 Å². The number of aromatic nitrogens is 2. The average Bonchev–Trinajstić information content (AvgIpc) is 3.34. The maximum Gasteiger partial charge on any atom is 0.272 e. The van der Waals surface area contributed by atoms with Crippen molar-refractivity contribution in [1.29, 1.82) is 0 Å². The first-order valence-corrected chi connectivity index (χ1v) is 13.2. The number of thiophene rings is 1. The van der Waals surface area contributed by atoms with Gasteiger partial charge in [-0.15, -0.1) is 11.3 Å². The summed E-state index contributed by atoms with van der Waals surface area (Å²) in [7, 11) is 1.60. The third-order valence-corrected chi connectivity index (χ3v) is 7.42. The molecule has 2 aromatic heterocycles. The van der Waals surface area contributed by atoms with Gasteiger partial charge in [0.05, 0.1) is 12.6 Å². The fraction of sp³-hybridized carbons (Fsp3) is 0.269. The maximum absolute atomic E-state index is 14.1. The van der Waals surface area contributed by atoms with Crippen molar-refractivity contribution in [3.8, 4) is 5.75 Å². The summed E-state index contributed by atoms with van der Waals surface area (Å²) in [5.41, 5.74) is 1.90. The summed E-state index contributed by atoms with van der Waals surface area (Å²) in [6.45, 7) is 0.499. The highest BCUT2D eigenvalue weighted by atomic mass is 32.2. The molecule has 0 spiro atoms. The van der Waals surface area contributed by atoms with Crippen LogP contribution in [0.15, 0.2) is 69.9 Å². The van der Waals surface area contributed by atoms with Crippen LogP contribution in [0.2, 0.25) is 0 Å². The molecule has 2 aromatic carbocycles. The van der Waals surface area contributed by atoms with Crippen LogP contribution in [0.1, 0.15) is 31.2 Å². The van der Waals surface area contributed by atoms with Gasteiger partial charge in [-0.05, 0) is 60.2 Å². The van der Waals surface area contributed by atoms with Gasteiger partial charge in [0.2, 0.25) is 5.91 Å². The van der Waals surface area contributed by atoms with Crippen LogP contribution in [0.4, 0.5) is 10.1 Å². The number of halogens is 1. The van der Waals surface area contributed by atoms with Gasteiger partial charge >= 0.3 is 0 Å². The van der Waals surface area contributed by atoms with Crippen molar-refractivity contribution in [2.45, 2.75) is 43.1 Å². The number of anilines is 1. The van der Waals surface area contributed by atoms with E-state index in [1.807, 2.05) is 11.4 Å². The molecule has 182 valence electrons.